The molecule has 0 atom stereocenters. The molecule has 1 fully saturated rings. The van der Waals surface area contributed by atoms with Gasteiger partial charge in [-0.2, -0.15) is 0 Å². The zero-order valence-corrected chi connectivity index (χ0v) is 12.9. The maximum absolute atomic E-state index is 13.5. The van der Waals surface area contributed by atoms with Gasteiger partial charge in [-0.15, -0.1) is 0 Å². The topological polar surface area (TPSA) is 66.5 Å². The highest BCUT2D eigenvalue weighted by Gasteiger charge is 2.25. The molecule has 21 heavy (non-hydrogen) atoms. The Morgan fingerprint density at radius 2 is 1.95 bits per heavy atom. The summed E-state index contributed by atoms with van der Waals surface area (Å²) in [6.07, 6.45) is 1.13. The van der Waals surface area contributed by atoms with E-state index in [1.165, 1.54) is 19.1 Å². The lowest BCUT2D eigenvalue weighted by atomic mass is 10.1. The monoisotopic (exact) mass is 314 g/mol. The number of nitrogens with one attached hydrogen (secondary N) is 1. The first-order valence-corrected chi connectivity index (χ1v) is 8.32. The Hall–Kier alpha value is -1.47. The van der Waals surface area contributed by atoms with E-state index in [1.54, 1.807) is 11.8 Å². The van der Waals surface area contributed by atoms with Gasteiger partial charge in [0.15, 0.2) is 0 Å². The average molecular weight is 314 g/mol. The second-order valence-electron chi connectivity index (χ2n) is 5.31. The Morgan fingerprint density at radius 3 is 2.48 bits per heavy atom. The van der Waals surface area contributed by atoms with E-state index in [-0.39, 0.29) is 16.8 Å². The van der Waals surface area contributed by atoms with E-state index in [9.17, 15) is 17.6 Å². The molecule has 0 radical (unpaired) electrons. The molecule has 1 N–H and O–H groups in total. The van der Waals surface area contributed by atoms with Crippen LogP contribution in [0.4, 0.5) is 4.39 Å². The second kappa shape index (κ2) is 6.11. The minimum absolute atomic E-state index is 0.00286. The molecular weight excluding hydrogens is 295 g/mol. The molecular formula is C14H19FN2O3S. The summed E-state index contributed by atoms with van der Waals surface area (Å²) in [5, 5.41) is 0. The number of likely N-dealkylation sites (tertiary alicyclic amines) is 1. The SMILES string of the molecule is CC(=O)N1CCC(NS(=O)(=O)c2ccc(C)c(F)c2)CC1. The molecule has 0 saturated carbocycles. The van der Waals surface area contributed by atoms with E-state index in [0.29, 0.717) is 31.5 Å². The van der Waals surface area contributed by atoms with Crippen molar-refractivity contribution >= 4 is 15.9 Å². The number of carbonyl (C=O) groups excluding carboxylic acids is 1. The van der Waals surface area contributed by atoms with Crippen molar-refractivity contribution in [2.45, 2.75) is 37.6 Å². The van der Waals surface area contributed by atoms with E-state index in [1.807, 2.05) is 0 Å². The molecule has 1 aliphatic heterocycles. The van der Waals surface area contributed by atoms with Crippen molar-refractivity contribution in [1.29, 1.82) is 0 Å². The second-order valence-corrected chi connectivity index (χ2v) is 7.03. The molecule has 1 amide bonds. The Kier molecular flexibility index (Phi) is 4.63. The van der Waals surface area contributed by atoms with Gasteiger partial charge in [-0.3, -0.25) is 4.79 Å². The van der Waals surface area contributed by atoms with E-state index >= 15 is 0 Å². The molecule has 1 heterocycles. The molecule has 0 unspecified atom stereocenters. The maximum atomic E-state index is 13.5. The smallest absolute Gasteiger partial charge is 0.240 e. The van der Waals surface area contributed by atoms with Gasteiger partial charge in [-0.05, 0) is 37.5 Å². The fraction of sp³-hybridized carbons (Fsp3) is 0.500. The molecule has 5 nitrogen and oxygen atoms in total. The summed E-state index contributed by atoms with van der Waals surface area (Å²) >= 11 is 0. The Bertz CT molecular complexity index is 638. The zero-order chi connectivity index (χ0) is 15.6. The zero-order valence-electron chi connectivity index (χ0n) is 12.1. The normalized spacial score (nSPS) is 17.0. The minimum atomic E-state index is -3.73. The summed E-state index contributed by atoms with van der Waals surface area (Å²) < 4.78 is 40.5. The van der Waals surface area contributed by atoms with Gasteiger partial charge in [0.25, 0.3) is 0 Å². The predicted molar refractivity (Wildman–Crippen MR) is 76.7 cm³/mol. The molecule has 116 valence electrons. The van der Waals surface area contributed by atoms with Gasteiger partial charge in [0.2, 0.25) is 15.9 Å². The lowest BCUT2D eigenvalue weighted by Gasteiger charge is -2.31. The lowest BCUT2D eigenvalue weighted by molar-refractivity contribution is -0.129. The van der Waals surface area contributed by atoms with Crippen LogP contribution in [0.5, 0.6) is 0 Å². The van der Waals surface area contributed by atoms with Crippen LogP contribution >= 0.6 is 0 Å². The van der Waals surface area contributed by atoms with Crippen molar-refractivity contribution in [3.05, 3.63) is 29.6 Å². The number of amides is 1. The van der Waals surface area contributed by atoms with Crippen LogP contribution in [0.15, 0.2) is 23.1 Å². The third kappa shape index (κ3) is 3.79. The first kappa shape index (κ1) is 15.9. The van der Waals surface area contributed by atoms with Crippen LogP contribution in [0.2, 0.25) is 0 Å². The minimum Gasteiger partial charge on any atom is -0.343 e. The van der Waals surface area contributed by atoms with Gasteiger partial charge in [-0.1, -0.05) is 6.07 Å². The van der Waals surface area contributed by atoms with Crippen LogP contribution in [0.1, 0.15) is 25.3 Å². The predicted octanol–water partition coefficient (Wildman–Crippen LogP) is 1.42. The molecule has 2 rings (SSSR count). The molecule has 1 aliphatic rings. The Morgan fingerprint density at radius 1 is 1.33 bits per heavy atom. The van der Waals surface area contributed by atoms with Gasteiger partial charge in [0.1, 0.15) is 5.82 Å². The summed E-state index contributed by atoms with van der Waals surface area (Å²) in [7, 11) is -3.73. The van der Waals surface area contributed by atoms with E-state index in [2.05, 4.69) is 4.72 Å². The molecule has 0 aromatic heterocycles. The maximum Gasteiger partial charge on any atom is 0.240 e. The molecule has 7 heteroatoms. The summed E-state index contributed by atoms with van der Waals surface area (Å²) in [6, 6.07) is 3.64. The van der Waals surface area contributed by atoms with Crippen molar-refractivity contribution < 1.29 is 17.6 Å². The van der Waals surface area contributed by atoms with E-state index in [4.69, 9.17) is 0 Å². The number of carbonyl (C=O) groups is 1. The highest BCUT2D eigenvalue weighted by atomic mass is 32.2. The molecule has 1 aromatic rings. The van der Waals surface area contributed by atoms with Gasteiger partial charge in [-0.25, -0.2) is 17.5 Å². The molecule has 1 saturated heterocycles. The van der Waals surface area contributed by atoms with Crippen LogP contribution in [-0.2, 0) is 14.8 Å². The number of halogens is 1. The van der Waals surface area contributed by atoms with Crippen molar-refractivity contribution in [2.75, 3.05) is 13.1 Å². The first-order chi connectivity index (χ1) is 9.79. The highest BCUT2D eigenvalue weighted by molar-refractivity contribution is 7.89. The number of aryl methyl sites for hydroxylation is 1. The van der Waals surface area contributed by atoms with Crippen LogP contribution in [-0.4, -0.2) is 38.4 Å². The number of piperidine rings is 1. The molecule has 0 bridgehead atoms. The Labute approximate surface area is 124 Å². The standard InChI is InChI=1S/C14H19FN2O3S/c1-10-3-4-13(9-14(10)15)21(19,20)16-12-5-7-17(8-6-12)11(2)18/h3-4,9,12,16H,5-8H2,1-2H3. The number of hydrogen-bond donors (Lipinski definition) is 1. The molecule has 0 aliphatic carbocycles. The molecule has 1 aromatic carbocycles. The summed E-state index contributed by atoms with van der Waals surface area (Å²) in [5.41, 5.74) is 0.406. The van der Waals surface area contributed by atoms with Gasteiger partial charge < -0.3 is 4.90 Å². The summed E-state index contributed by atoms with van der Waals surface area (Å²) in [6.45, 7) is 4.14. The number of nitrogens with zero attached hydrogens (tertiary/aromatic N) is 1. The number of sulfonamides is 1. The van der Waals surface area contributed by atoms with E-state index < -0.39 is 15.8 Å². The Balaban J connectivity index is 2.05. The van der Waals surface area contributed by atoms with Crippen molar-refractivity contribution in [2.24, 2.45) is 0 Å². The van der Waals surface area contributed by atoms with Crippen molar-refractivity contribution in [3.63, 3.8) is 0 Å². The van der Waals surface area contributed by atoms with Crippen molar-refractivity contribution in [3.8, 4) is 0 Å². The third-order valence-electron chi connectivity index (χ3n) is 3.72. The van der Waals surface area contributed by atoms with Gasteiger partial charge in [0, 0.05) is 26.1 Å². The highest BCUT2D eigenvalue weighted by Crippen LogP contribution is 2.17. The summed E-state index contributed by atoms with van der Waals surface area (Å²) in [5.74, 6) is -0.541. The average Bonchev–Trinajstić information content (AvgIpc) is 2.42. The number of hydrogen-bond acceptors (Lipinski definition) is 3. The van der Waals surface area contributed by atoms with E-state index in [0.717, 1.165) is 6.07 Å². The van der Waals surface area contributed by atoms with Crippen LogP contribution < -0.4 is 4.72 Å². The fourth-order valence-corrected chi connectivity index (χ4v) is 3.66. The quantitative estimate of drug-likeness (QED) is 0.917. The van der Waals surface area contributed by atoms with Crippen LogP contribution in [0.3, 0.4) is 0 Å². The molecule has 0 spiro atoms. The number of rotatable bonds is 3. The van der Waals surface area contributed by atoms with Gasteiger partial charge >= 0.3 is 0 Å². The summed E-state index contributed by atoms with van der Waals surface area (Å²) in [4.78, 5) is 12.8. The van der Waals surface area contributed by atoms with Crippen LogP contribution in [0.25, 0.3) is 0 Å². The third-order valence-corrected chi connectivity index (χ3v) is 5.23. The van der Waals surface area contributed by atoms with Gasteiger partial charge in [0.05, 0.1) is 4.90 Å². The fourth-order valence-electron chi connectivity index (χ4n) is 2.34. The number of benzene rings is 1. The lowest BCUT2D eigenvalue weighted by Crippen LogP contribution is -2.45. The largest absolute Gasteiger partial charge is 0.343 e. The van der Waals surface area contributed by atoms with Crippen LogP contribution in [0, 0.1) is 12.7 Å². The van der Waals surface area contributed by atoms with Crippen molar-refractivity contribution in [1.82, 2.24) is 9.62 Å². The first-order valence-electron chi connectivity index (χ1n) is 6.83.